The first-order chi connectivity index (χ1) is 11.3. The van der Waals surface area contributed by atoms with Crippen molar-refractivity contribution < 1.29 is 0 Å². The van der Waals surface area contributed by atoms with Crippen molar-refractivity contribution in [3.8, 4) is 0 Å². The molecule has 112 valence electrons. The van der Waals surface area contributed by atoms with Crippen molar-refractivity contribution >= 4 is 39.8 Å². The lowest BCUT2D eigenvalue weighted by Crippen LogP contribution is -2.12. The van der Waals surface area contributed by atoms with E-state index in [0.717, 1.165) is 28.2 Å². The first-order valence-corrected chi connectivity index (χ1v) is 7.60. The molecule has 0 fully saturated rings. The zero-order valence-corrected chi connectivity index (χ0v) is 12.9. The van der Waals surface area contributed by atoms with Gasteiger partial charge in [-0.2, -0.15) is 5.10 Å². The fourth-order valence-corrected chi connectivity index (χ4v) is 2.79. The summed E-state index contributed by atoms with van der Waals surface area (Å²) < 4.78 is 0. The maximum atomic E-state index is 6.30. The lowest BCUT2D eigenvalue weighted by molar-refractivity contribution is 1.05. The van der Waals surface area contributed by atoms with E-state index in [-0.39, 0.29) is 0 Å². The summed E-state index contributed by atoms with van der Waals surface area (Å²) in [6.07, 6.45) is 1.72. The molecule has 0 saturated carbocycles. The number of nitrogens with one attached hydrogen (secondary N) is 1. The van der Waals surface area contributed by atoms with Crippen LogP contribution in [0.15, 0.2) is 72.9 Å². The van der Waals surface area contributed by atoms with E-state index < -0.39 is 0 Å². The first kappa shape index (κ1) is 13.8. The van der Waals surface area contributed by atoms with Gasteiger partial charge < -0.3 is 0 Å². The average Bonchev–Trinajstić information content (AvgIpc) is 3.11. The Bertz CT molecular complexity index is 936. The minimum atomic E-state index is 0.641. The Hall–Kier alpha value is -2.85. The largest absolute Gasteiger partial charge is 0.279 e. The average molecular weight is 321 g/mol. The summed E-state index contributed by atoms with van der Waals surface area (Å²) in [5.41, 5.74) is 1.78. The van der Waals surface area contributed by atoms with E-state index in [9.17, 15) is 0 Å². The van der Waals surface area contributed by atoms with Gasteiger partial charge in [0, 0.05) is 17.1 Å². The highest BCUT2D eigenvalue weighted by Gasteiger charge is 2.15. The molecule has 0 atom stereocenters. The van der Waals surface area contributed by atoms with Crippen molar-refractivity contribution in [2.45, 2.75) is 0 Å². The molecule has 1 N–H and O–H groups in total. The molecular weight excluding hydrogens is 308 g/mol. The van der Waals surface area contributed by atoms with Crippen molar-refractivity contribution in [2.24, 2.45) is 0 Å². The Morgan fingerprint density at radius 3 is 2.52 bits per heavy atom. The number of halogens is 1. The number of pyridine rings is 1. The highest BCUT2D eigenvalue weighted by atomic mass is 35.5. The van der Waals surface area contributed by atoms with Gasteiger partial charge in [-0.3, -0.25) is 10.00 Å². The number of nitrogens with zero attached hydrogens (tertiary/aromatic N) is 3. The number of hydrogen-bond donors (Lipinski definition) is 1. The zero-order valence-electron chi connectivity index (χ0n) is 12.1. The minimum Gasteiger partial charge on any atom is -0.279 e. The second kappa shape index (κ2) is 5.74. The standard InChI is InChI=1S/C18H13ClN4/c19-15-8-4-5-13-9-10-16(21-18(13)15)23(17-11-12-20-22-17)14-6-2-1-3-7-14/h1-12H,(H,20,22). The van der Waals surface area contributed by atoms with Gasteiger partial charge in [0.15, 0.2) is 0 Å². The van der Waals surface area contributed by atoms with Gasteiger partial charge in [0.2, 0.25) is 0 Å². The van der Waals surface area contributed by atoms with Crippen LogP contribution >= 0.6 is 11.6 Å². The monoisotopic (exact) mass is 320 g/mol. The Kier molecular flexibility index (Phi) is 3.44. The summed E-state index contributed by atoms with van der Waals surface area (Å²) in [7, 11) is 0. The van der Waals surface area contributed by atoms with Crippen LogP contribution in [0.2, 0.25) is 5.02 Å². The smallest absolute Gasteiger partial charge is 0.139 e. The third-order valence-electron chi connectivity index (χ3n) is 3.63. The lowest BCUT2D eigenvalue weighted by Gasteiger charge is -2.22. The van der Waals surface area contributed by atoms with Crippen LogP contribution in [0.1, 0.15) is 0 Å². The number of rotatable bonds is 3. The van der Waals surface area contributed by atoms with Gasteiger partial charge in [0.1, 0.15) is 11.6 Å². The minimum absolute atomic E-state index is 0.641. The van der Waals surface area contributed by atoms with Gasteiger partial charge in [-0.1, -0.05) is 41.9 Å². The summed E-state index contributed by atoms with van der Waals surface area (Å²) in [4.78, 5) is 6.76. The predicted octanol–water partition coefficient (Wildman–Crippen LogP) is 5.08. The number of aromatic nitrogens is 3. The molecule has 0 bridgehead atoms. The Balaban J connectivity index is 1.92. The van der Waals surface area contributed by atoms with Gasteiger partial charge in [0.25, 0.3) is 0 Å². The number of H-pyrrole nitrogens is 1. The normalized spacial score (nSPS) is 10.8. The van der Waals surface area contributed by atoms with E-state index in [1.807, 2.05) is 71.6 Å². The van der Waals surface area contributed by atoms with Crippen molar-refractivity contribution in [2.75, 3.05) is 4.90 Å². The summed E-state index contributed by atoms with van der Waals surface area (Å²) in [6, 6.07) is 21.7. The fourth-order valence-electron chi connectivity index (χ4n) is 2.57. The maximum Gasteiger partial charge on any atom is 0.139 e. The van der Waals surface area contributed by atoms with Gasteiger partial charge in [-0.25, -0.2) is 4.98 Å². The number of benzene rings is 2. The molecule has 0 saturated heterocycles. The number of para-hydroxylation sites is 2. The first-order valence-electron chi connectivity index (χ1n) is 7.23. The van der Waals surface area contributed by atoms with Gasteiger partial charge in [-0.15, -0.1) is 0 Å². The predicted molar refractivity (Wildman–Crippen MR) is 93.6 cm³/mol. The highest BCUT2D eigenvalue weighted by Crippen LogP contribution is 2.33. The highest BCUT2D eigenvalue weighted by molar-refractivity contribution is 6.35. The molecule has 0 radical (unpaired) electrons. The summed E-state index contributed by atoms with van der Waals surface area (Å²) >= 11 is 6.30. The quantitative estimate of drug-likeness (QED) is 0.572. The third-order valence-corrected chi connectivity index (χ3v) is 3.93. The zero-order chi connectivity index (χ0) is 15.6. The summed E-state index contributed by atoms with van der Waals surface area (Å²) in [5, 5.41) is 8.71. The maximum absolute atomic E-state index is 6.30. The molecule has 23 heavy (non-hydrogen) atoms. The second-order valence-electron chi connectivity index (χ2n) is 5.09. The number of anilines is 3. The van der Waals surface area contributed by atoms with Crippen LogP contribution < -0.4 is 4.90 Å². The molecule has 0 unspecified atom stereocenters. The van der Waals surface area contributed by atoms with E-state index in [2.05, 4.69) is 10.2 Å². The molecule has 5 heteroatoms. The Morgan fingerprint density at radius 1 is 0.870 bits per heavy atom. The van der Waals surface area contributed by atoms with E-state index in [4.69, 9.17) is 16.6 Å². The van der Waals surface area contributed by atoms with Crippen LogP contribution in [0.3, 0.4) is 0 Å². The molecule has 4 rings (SSSR count). The van der Waals surface area contributed by atoms with Crippen LogP contribution in [-0.4, -0.2) is 15.2 Å². The molecule has 0 amide bonds. The molecule has 0 aliphatic heterocycles. The van der Waals surface area contributed by atoms with Crippen molar-refractivity contribution in [1.29, 1.82) is 0 Å². The number of hydrogen-bond acceptors (Lipinski definition) is 3. The third kappa shape index (κ3) is 2.53. The van der Waals surface area contributed by atoms with Gasteiger partial charge >= 0.3 is 0 Å². The van der Waals surface area contributed by atoms with Crippen LogP contribution in [-0.2, 0) is 0 Å². The SMILES string of the molecule is Clc1cccc2ccc(N(c3ccccc3)c3ccn[nH]3)nc12. The second-order valence-corrected chi connectivity index (χ2v) is 5.50. The van der Waals surface area contributed by atoms with Crippen LogP contribution in [0.4, 0.5) is 17.3 Å². The molecule has 4 nitrogen and oxygen atoms in total. The molecule has 0 aliphatic carbocycles. The van der Waals surface area contributed by atoms with Crippen molar-refractivity contribution in [3.05, 3.63) is 77.9 Å². The Labute approximate surface area is 138 Å². The van der Waals surface area contributed by atoms with E-state index in [1.54, 1.807) is 6.20 Å². The summed E-state index contributed by atoms with van der Waals surface area (Å²) in [6.45, 7) is 0. The fraction of sp³-hybridized carbons (Fsp3) is 0. The molecule has 2 aromatic carbocycles. The van der Waals surface area contributed by atoms with Crippen LogP contribution in [0.25, 0.3) is 10.9 Å². The Morgan fingerprint density at radius 2 is 1.74 bits per heavy atom. The van der Waals surface area contributed by atoms with Gasteiger partial charge in [-0.05, 0) is 30.3 Å². The van der Waals surface area contributed by atoms with E-state index in [1.165, 1.54) is 0 Å². The van der Waals surface area contributed by atoms with E-state index >= 15 is 0 Å². The van der Waals surface area contributed by atoms with E-state index in [0.29, 0.717) is 5.02 Å². The van der Waals surface area contributed by atoms with Gasteiger partial charge in [0.05, 0.1) is 16.7 Å². The summed E-state index contributed by atoms with van der Waals surface area (Å²) in [5.74, 6) is 1.62. The van der Waals surface area contributed by atoms with Crippen LogP contribution in [0, 0.1) is 0 Å². The molecule has 0 spiro atoms. The lowest BCUT2D eigenvalue weighted by atomic mass is 10.2. The number of aromatic amines is 1. The molecule has 4 aromatic rings. The molecule has 2 aromatic heterocycles. The number of fused-ring (bicyclic) bond motifs is 1. The molecule has 0 aliphatic rings. The molecule has 2 heterocycles. The molecular formula is C18H13ClN4. The van der Waals surface area contributed by atoms with Crippen molar-refractivity contribution in [1.82, 2.24) is 15.2 Å². The van der Waals surface area contributed by atoms with Crippen LogP contribution in [0.5, 0.6) is 0 Å². The topological polar surface area (TPSA) is 44.8 Å². The van der Waals surface area contributed by atoms with Crippen molar-refractivity contribution in [3.63, 3.8) is 0 Å².